The van der Waals surface area contributed by atoms with E-state index in [9.17, 15) is 14.9 Å². The minimum atomic E-state index is -0.445. The van der Waals surface area contributed by atoms with Crippen LogP contribution < -0.4 is 15.4 Å². The summed E-state index contributed by atoms with van der Waals surface area (Å²) in [5, 5.41) is 16.7. The Bertz CT molecular complexity index is 1050. The second-order valence-corrected chi connectivity index (χ2v) is 6.51. The second kappa shape index (κ2) is 9.46. The van der Waals surface area contributed by atoms with Crippen molar-refractivity contribution in [2.75, 3.05) is 23.8 Å². The molecule has 0 atom stereocenters. The van der Waals surface area contributed by atoms with Gasteiger partial charge in [-0.2, -0.15) is 0 Å². The van der Waals surface area contributed by atoms with Crippen molar-refractivity contribution in [2.45, 2.75) is 13.8 Å². The maximum Gasteiger partial charge on any atom is 0.269 e. The largest absolute Gasteiger partial charge is 0.492 e. The minimum Gasteiger partial charge on any atom is -0.492 e. The van der Waals surface area contributed by atoms with E-state index in [0.29, 0.717) is 41.8 Å². The van der Waals surface area contributed by atoms with Crippen LogP contribution in [0.1, 0.15) is 12.6 Å². The van der Waals surface area contributed by atoms with Crippen molar-refractivity contribution in [1.82, 2.24) is 9.97 Å². The number of carbonyl (C=O) groups excluding carboxylic acids is 1. The number of nitro groups is 1. The van der Waals surface area contributed by atoms with Crippen LogP contribution in [0.3, 0.4) is 0 Å². The zero-order valence-corrected chi connectivity index (χ0v) is 16.6. The lowest BCUT2D eigenvalue weighted by atomic mass is 10.2. The fourth-order valence-electron chi connectivity index (χ4n) is 2.74. The number of rotatable bonds is 8. The molecule has 3 aromatic rings. The number of benzene rings is 2. The molecule has 9 nitrogen and oxygen atoms in total. The van der Waals surface area contributed by atoms with E-state index in [1.807, 2.05) is 19.1 Å². The highest BCUT2D eigenvalue weighted by molar-refractivity contribution is 5.88. The van der Waals surface area contributed by atoms with Crippen molar-refractivity contribution >= 4 is 23.1 Å². The van der Waals surface area contributed by atoms with Crippen LogP contribution in [-0.4, -0.2) is 34.0 Å². The molecule has 0 radical (unpaired) electrons. The first kappa shape index (κ1) is 20.7. The summed E-state index contributed by atoms with van der Waals surface area (Å²) >= 11 is 0. The number of non-ortho nitro benzene ring substituents is 1. The molecule has 0 fully saturated rings. The molecule has 0 aliphatic carbocycles. The van der Waals surface area contributed by atoms with E-state index in [4.69, 9.17) is 4.74 Å². The summed E-state index contributed by atoms with van der Waals surface area (Å²) in [7, 11) is 0. The van der Waals surface area contributed by atoms with Crippen molar-refractivity contribution < 1.29 is 14.5 Å². The first-order chi connectivity index (χ1) is 14.4. The number of nitro benzene ring substituents is 1. The van der Waals surface area contributed by atoms with Crippen molar-refractivity contribution in [2.24, 2.45) is 0 Å². The number of ether oxygens (including phenoxy) is 1. The lowest BCUT2D eigenvalue weighted by Crippen LogP contribution is -2.13. The van der Waals surface area contributed by atoms with Gasteiger partial charge in [-0.25, -0.2) is 9.97 Å². The van der Waals surface area contributed by atoms with Crippen LogP contribution in [0, 0.1) is 17.0 Å². The summed E-state index contributed by atoms with van der Waals surface area (Å²) in [6.07, 6.45) is 0. The van der Waals surface area contributed by atoms with E-state index in [0.717, 1.165) is 5.69 Å². The second-order valence-electron chi connectivity index (χ2n) is 6.51. The molecule has 2 N–H and O–H groups in total. The Hall–Kier alpha value is -4.01. The third kappa shape index (κ3) is 5.74. The zero-order valence-electron chi connectivity index (χ0n) is 16.6. The van der Waals surface area contributed by atoms with Crippen LogP contribution in [0.5, 0.6) is 5.75 Å². The van der Waals surface area contributed by atoms with Gasteiger partial charge in [-0.15, -0.1) is 0 Å². The molecule has 30 heavy (non-hydrogen) atoms. The molecule has 1 aromatic heterocycles. The Morgan fingerprint density at radius 1 is 1.13 bits per heavy atom. The maximum absolute atomic E-state index is 11.1. The van der Waals surface area contributed by atoms with Gasteiger partial charge in [0.25, 0.3) is 5.69 Å². The number of aromatic nitrogens is 2. The molecular formula is C21H21N5O4. The zero-order chi connectivity index (χ0) is 21.5. The van der Waals surface area contributed by atoms with Gasteiger partial charge in [-0.05, 0) is 31.2 Å². The molecule has 9 heteroatoms. The van der Waals surface area contributed by atoms with Crippen LogP contribution >= 0.6 is 0 Å². The van der Waals surface area contributed by atoms with E-state index < -0.39 is 4.92 Å². The van der Waals surface area contributed by atoms with E-state index in [-0.39, 0.29) is 11.6 Å². The highest BCUT2D eigenvalue weighted by Crippen LogP contribution is 2.21. The predicted molar refractivity (Wildman–Crippen MR) is 114 cm³/mol. The van der Waals surface area contributed by atoms with Gasteiger partial charge < -0.3 is 15.4 Å². The van der Waals surface area contributed by atoms with Gasteiger partial charge in [0.2, 0.25) is 5.91 Å². The summed E-state index contributed by atoms with van der Waals surface area (Å²) in [4.78, 5) is 30.4. The van der Waals surface area contributed by atoms with Crippen molar-refractivity contribution in [1.29, 1.82) is 0 Å². The SMILES string of the molecule is CC(=O)Nc1cccc(OCCNc2cc(C)nc(-c3ccc([N+](=O)[O-])cc3)n2)c1. The molecular weight excluding hydrogens is 386 g/mol. The smallest absolute Gasteiger partial charge is 0.269 e. The Morgan fingerprint density at radius 2 is 1.90 bits per heavy atom. The highest BCUT2D eigenvalue weighted by Gasteiger charge is 2.09. The van der Waals surface area contributed by atoms with Crippen molar-refractivity contribution in [3.05, 3.63) is 70.4 Å². The van der Waals surface area contributed by atoms with Crippen molar-refractivity contribution in [3.63, 3.8) is 0 Å². The Kier molecular flexibility index (Phi) is 6.53. The predicted octanol–water partition coefficient (Wildman–Crippen LogP) is 3.81. The van der Waals surface area contributed by atoms with E-state index in [2.05, 4.69) is 20.6 Å². The Balaban J connectivity index is 1.59. The molecule has 0 saturated heterocycles. The first-order valence-corrected chi connectivity index (χ1v) is 9.25. The van der Waals surface area contributed by atoms with Gasteiger partial charge in [0.1, 0.15) is 18.2 Å². The molecule has 0 aliphatic heterocycles. The third-order valence-electron chi connectivity index (χ3n) is 4.02. The standard InChI is InChI=1S/C21H21N5O4/c1-14-12-20(25-21(23-14)16-6-8-18(9-7-16)26(28)29)22-10-11-30-19-5-3-4-17(13-19)24-15(2)27/h3-9,12-13H,10-11H2,1-2H3,(H,24,27)(H,22,23,25). The number of hydrogen-bond acceptors (Lipinski definition) is 7. The number of anilines is 2. The van der Waals surface area contributed by atoms with Gasteiger partial charge in [0.05, 0.1) is 11.5 Å². The molecule has 1 heterocycles. The first-order valence-electron chi connectivity index (χ1n) is 9.25. The summed E-state index contributed by atoms with van der Waals surface area (Å²) in [5.41, 5.74) is 2.15. The Labute approximate surface area is 173 Å². The number of aryl methyl sites for hydroxylation is 1. The monoisotopic (exact) mass is 407 g/mol. The third-order valence-corrected chi connectivity index (χ3v) is 4.02. The van der Waals surface area contributed by atoms with Crippen LogP contribution in [-0.2, 0) is 4.79 Å². The van der Waals surface area contributed by atoms with Gasteiger partial charge in [-0.1, -0.05) is 6.07 Å². The molecule has 0 bridgehead atoms. The molecule has 0 spiro atoms. The van der Waals surface area contributed by atoms with E-state index in [1.165, 1.54) is 19.1 Å². The number of nitrogens with zero attached hydrogens (tertiary/aromatic N) is 3. The summed E-state index contributed by atoms with van der Waals surface area (Å²) in [6.45, 7) is 4.19. The maximum atomic E-state index is 11.1. The lowest BCUT2D eigenvalue weighted by Gasteiger charge is -2.11. The van der Waals surface area contributed by atoms with Crippen LogP contribution in [0.4, 0.5) is 17.2 Å². The highest BCUT2D eigenvalue weighted by atomic mass is 16.6. The fraction of sp³-hybridized carbons (Fsp3) is 0.190. The average molecular weight is 407 g/mol. The topological polar surface area (TPSA) is 119 Å². The molecule has 3 rings (SSSR count). The summed E-state index contributed by atoms with van der Waals surface area (Å²) in [6, 6.07) is 15.1. The number of carbonyl (C=O) groups is 1. The van der Waals surface area contributed by atoms with E-state index in [1.54, 1.807) is 30.3 Å². The molecule has 2 aromatic carbocycles. The number of nitrogens with one attached hydrogen (secondary N) is 2. The summed E-state index contributed by atoms with van der Waals surface area (Å²) in [5.74, 6) is 1.62. The quantitative estimate of drug-likeness (QED) is 0.331. The molecule has 0 unspecified atom stereocenters. The summed E-state index contributed by atoms with van der Waals surface area (Å²) < 4.78 is 5.71. The van der Waals surface area contributed by atoms with Gasteiger partial charge in [0.15, 0.2) is 5.82 Å². The molecule has 0 saturated carbocycles. The number of amides is 1. The molecule has 1 amide bonds. The Morgan fingerprint density at radius 3 is 2.60 bits per heavy atom. The normalized spacial score (nSPS) is 10.3. The van der Waals surface area contributed by atoms with Crippen LogP contribution in [0.25, 0.3) is 11.4 Å². The van der Waals surface area contributed by atoms with Gasteiger partial charge >= 0.3 is 0 Å². The molecule has 0 aliphatic rings. The minimum absolute atomic E-state index is 0.0180. The van der Waals surface area contributed by atoms with Gasteiger partial charge in [-0.3, -0.25) is 14.9 Å². The van der Waals surface area contributed by atoms with Crippen molar-refractivity contribution in [3.8, 4) is 17.1 Å². The van der Waals surface area contributed by atoms with Gasteiger partial charge in [0, 0.05) is 48.1 Å². The van der Waals surface area contributed by atoms with Crippen LogP contribution in [0.2, 0.25) is 0 Å². The number of hydrogen-bond donors (Lipinski definition) is 2. The van der Waals surface area contributed by atoms with E-state index >= 15 is 0 Å². The van der Waals surface area contributed by atoms with Crippen LogP contribution in [0.15, 0.2) is 54.6 Å². The lowest BCUT2D eigenvalue weighted by molar-refractivity contribution is -0.384. The fourth-order valence-corrected chi connectivity index (χ4v) is 2.74. The molecule has 154 valence electrons. The average Bonchev–Trinajstić information content (AvgIpc) is 2.71.